The third-order valence-corrected chi connectivity index (χ3v) is 2.86. The van der Waals surface area contributed by atoms with Crippen LogP contribution >= 0.6 is 0 Å². The molecule has 0 spiro atoms. The Labute approximate surface area is 111 Å². The third-order valence-electron chi connectivity index (χ3n) is 2.86. The Balaban J connectivity index is 2.21. The predicted octanol–water partition coefficient (Wildman–Crippen LogP) is 2.16. The van der Waals surface area contributed by atoms with Gasteiger partial charge in [-0.25, -0.2) is 4.79 Å². The summed E-state index contributed by atoms with van der Waals surface area (Å²) in [6, 6.07) is 8.63. The maximum atomic E-state index is 11.2. The van der Waals surface area contributed by atoms with Crippen molar-refractivity contribution in [3.05, 3.63) is 30.3 Å². The van der Waals surface area contributed by atoms with Crippen LogP contribution in [0.5, 0.6) is 0 Å². The van der Waals surface area contributed by atoms with Gasteiger partial charge in [0.1, 0.15) is 0 Å². The Morgan fingerprint density at radius 1 is 1.37 bits per heavy atom. The van der Waals surface area contributed by atoms with Crippen molar-refractivity contribution in [1.82, 2.24) is 20.2 Å². The SMILES string of the molecule is CCCCC(C(=O)O)n1nnc(-c2ccccc2)n1. The largest absolute Gasteiger partial charge is 0.480 e. The minimum Gasteiger partial charge on any atom is -0.480 e. The predicted molar refractivity (Wildman–Crippen MR) is 69.5 cm³/mol. The van der Waals surface area contributed by atoms with E-state index in [1.807, 2.05) is 37.3 Å². The van der Waals surface area contributed by atoms with Crippen molar-refractivity contribution in [2.24, 2.45) is 0 Å². The summed E-state index contributed by atoms with van der Waals surface area (Å²) >= 11 is 0. The van der Waals surface area contributed by atoms with Crippen molar-refractivity contribution in [2.45, 2.75) is 32.2 Å². The minimum absolute atomic E-state index is 0.448. The lowest BCUT2D eigenvalue weighted by Crippen LogP contribution is -2.21. The maximum absolute atomic E-state index is 11.2. The number of hydrogen-bond donors (Lipinski definition) is 1. The molecule has 2 aromatic rings. The molecule has 100 valence electrons. The summed E-state index contributed by atoms with van der Waals surface area (Å²) in [5.41, 5.74) is 0.827. The van der Waals surface area contributed by atoms with E-state index in [4.69, 9.17) is 0 Å². The van der Waals surface area contributed by atoms with Crippen molar-refractivity contribution >= 4 is 5.97 Å². The van der Waals surface area contributed by atoms with Crippen LogP contribution in [0.2, 0.25) is 0 Å². The van der Waals surface area contributed by atoms with Gasteiger partial charge in [-0.1, -0.05) is 50.1 Å². The van der Waals surface area contributed by atoms with Gasteiger partial charge in [-0.3, -0.25) is 0 Å². The molecule has 0 aliphatic heterocycles. The second-order valence-electron chi connectivity index (χ2n) is 4.30. The number of aliphatic carboxylic acids is 1. The van der Waals surface area contributed by atoms with E-state index in [0.717, 1.165) is 18.4 Å². The van der Waals surface area contributed by atoms with Crippen LogP contribution < -0.4 is 0 Å². The van der Waals surface area contributed by atoms with Crippen molar-refractivity contribution in [1.29, 1.82) is 0 Å². The maximum Gasteiger partial charge on any atom is 0.330 e. The molecule has 1 heterocycles. The molecule has 0 saturated carbocycles. The fraction of sp³-hybridized carbons (Fsp3) is 0.385. The summed E-state index contributed by atoms with van der Waals surface area (Å²) in [5.74, 6) is -0.478. The highest BCUT2D eigenvalue weighted by atomic mass is 16.4. The number of carboxylic acid groups (broad SMARTS) is 1. The monoisotopic (exact) mass is 260 g/mol. The number of tetrazole rings is 1. The molecule has 2 rings (SSSR count). The van der Waals surface area contributed by atoms with Crippen molar-refractivity contribution in [2.75, 3.05) is 0 Å². The van der Waals surface area contributed by atoms with Crippen LogP contribution in [-0.4, -0.2) is 31.3 Å². The highest BCUT2D eigenvalue weighted by Gasteiger charge is 2.22. The van der Waals surface area contributed by atoms with Gasteiger partial charge in [-0.05, 0) is 11.6 Å². The number of rotatable bonds is 6. The molecule has 1 aromatic heterocycles. The van der Waals surface area contributed by atoms with Gasteiger partial charge in [0.15, 0.2) is 6.04 Å². The first-order valence-corrected chi connectivity index (χ1v) is 6.30. The first-order chi connectivity index (χ1) is 9.22. The molecule has 19 heavy (non-hydrogen) atoms. The van der Waals surface area contributed by atoms with Gasteiger partial charge >= 0.3 is 5.97 Å². The van der Waals surface area contributed by atoms with Gasteiger partial charge in [0.2, 0.25) is 5.82 Å². The van der Waals surface area contributed by atoms with E-state index in [9.17, 15) is 9.90 Å². The van der Waals surface area contributed by atoms with Gasteiger partial charge in [-0.15, -0.1) is 15.0 Å². The number of unbranched alkanes of at least 4 members (excludes halogenated alkanes) is 1. The third kappa shape index (κ3) is 3.15. The summed E-state index contributed by atoms with van der Waals surface area (Å²) in [6.07, 6.45) is 2.26. The first kappa shape index (κ1) is 13.2. The van der Waals surface area contributed by atoms with Crippen LogP contribution in [-0.2, 0) is 4.79 Å². The Morgan fingerprint density at radius 2 is 2.11 bits per heavy atom. The van der Waals surface area contributed by atoms with Gasteiger partial charge < -0.3 is 5.11 Å². The molecule has 0 bridgehead atoms. The number of hydrogen-bond acceptors (Lipinski definition) is 4. The molecular formula is C13H16N4O2. The number of carboxylic acids is 1. The number of aromatic nitrogens is 4. The Kier molecular flexibility index (Phi) is 4.22. The lowest BCUT2D eigenvalue weighted by molar-refractivity contribution is -0.141. The van der Waals surface area contributed by atoms with Crippen LogP contribution in [0.15, 0.2) is 30.3 Å². The van der Waals surface area contributed by atoms with Gasteiger partial charge in [0.25, 0.3) is 0 Å². The number of carbonyl (C=O) groups is 1. The summed E-state index contributed by atoms with van der Waals surface area (Å²) in [4.78, 5) is 12.4. The standard InChI is InChI=1S/C13H16N4O2/c1-2-3-9-11(13(18)19)17-15-12(14-16-17)10-7-5-4-6-8-10/h4-8,11H,2-3,9H2,1H3,(H,18,19). The molecule has 0 saturated heterocycles. The summed E-state index contributed by atoms with van der Waals surface area (Å²) in [5, 5.41) is 21.2. The zero-order chi connectivity index (χ0) is 13.7. The van der Waals surface area contributed by atoms with Crippen LogP contribution in [0.4, 0.5) is 0 Å². The van der Waals surface area contributed by atoms with Crippen LogP contribution in [0.3, 0.4) is 0 Å². The van der Waals surface area contributed by atoms with Crippen molar-refractivity contribution < 1.29 is 9.90 Å². The van der Waals surface area contributed by atoms with Crippen LogP contribution in [0, 0.1) is 0 Å². The van der Waals surface area contributed by atoms with E-state index >= 15 is 0 Å². The summed E-state index contributed by atoms with van der Waals surface area (Å²) < 4.78 is 0. The molecule has 1 atom stereocenters. The summed E-state index contributed by atoms with van der Waals surface area (Å²) in [7, 11) is 0. The normalized spacial score (nSPS) is 12.3. The molecule has 0 radical (unpaired) electrons. The average molecular weight is 260 g/mol. The zero-order valence-corrected chi connectivity index (χ0v) is 10.7. The Morgan fingerprint density at radius 3 is 2.74 bits per heavy atom. The fourth-order valence-electron chi connectivity index (χ4n) is 1.80. The Bertz CT molecular complexity index is 539. The number of nitrogens with zero attached hydrogens (tertiary/aromatic N) is 4. The second-order valence-corrected chi connectivity index (χ2v) is 4.30. The molecular weight excluding hydrogens is 244 g/mol. The second kappa shape index (κ2) is 6.08. The van der Waals surface area contributed by atoms with Crippen molar-refractivity contribution in [3.63, 3.8) is 0 Å². The lowest BCUT2D eigenvalue weighted by Gasteiger charge is -2.09. The fourth-order valence-corrected chi connectivity index (χ4v) is 1.80. The molecule has 0 aliphatic carbocycles. The highest BCUT2D eigenvalue weighted by Crippen LogP contribution is 2.16. The molecule has 1 N–H and O–H groups in total. The Hall–Kier alpha value is -2.24. The van der Waals surface area contributed by atoms with Crippen LogP contribution in [0.25, 0.3) is 11.4 Å². The zero-order valence-electron chi connectivity index (χ0n) is 10.7. The average Bonchev–Trinajstić information content (AvgIpc) is 2.89. The van der Waals surface area contributed by atoms with Gasteiger partial charge in [0, 0.05) is 5.56 Å². The van der Waals surface area contributed by atoms with E-state index in [1.165, 1.54) is 4.80 Å². The van der Waals surface area contributed by atoms with Crippen molar-refractivity contribution in [3.8, 4) is 11.4 Å². The van der Waals surface area contributed by atoms with Gasteiger partial charge in [-0.2, -0.15) is 0 Å². The van der Waals surface area contributed by atoms with E-state index < -0.39 is 12.0 Å². The number of benzene rings is 1. The van der Waals surface area contributed by atoms with Gasteiger partial charge in [0.05, 0.1) is 0 Å². The highest BCUT2D eigenvalue weighted by molar-refractivity contribution is 5.71. The minimum atomic E-state index is -0.925. The molecule has 6 nitrogen and oxygen atoms in total. The van der Waals surface area contributed by atoms with E-state index in [1.54, 1.807) is 0 Å². The molecule has 0 amide bonds. The molecule has 1 aromatic carbocycles. The lowest BCUT2D eigenvalue weighted by atomic mass is 10.1. The molecule has 6 heteroatoms. The molecule has 0 aliphatic rings. The first-order valence-electron chi connectivity index (χ1n) is 6.30. The van der Waals surface area contributed by atoms with E-state index in [0.29, 0.717) is 12.2 Å². The quantitative estimate of drug-likeness (QED) is 0.860. The smallest absolute Gasteiger partial charge is 0.330 e. The summed E-state index contributed by atoms with van der Waals surface area (Å²) in [6.45, 7) is 2.02. The van der Waals surface area contributed by atoms with E-state index in [-0.39, 0.29) is 0 Å². The van der Waals surface area contributed by atoms with Crippen LogP contribution in [0.1, 0.15) is 32.2 Å². The topological polar surface area (TPSA) is 80.9 Å². The molecule has 0 fully saturated rings. The molecule has 1 unspecified atom stereocenters. The van der Waals surface area contributed by atoms with E-state index in [2.05, 4.69) is 15.4 Å².